The third-order valence-corrected chi connectivity index (χ3v) is 3.33. The Morgan fingerprint density at radius 3 is 2.90 bits per heavy atom. The Labute approximate surface area is 126 Å². The number of halogens is 1. The van der Waals surface area contributed by atoms with E-state index >= 15 is 0 Å². The summed E-state index contributed by atoms with van der Waals surface area (Å²) < 4.78 is 2.79. The van der Waals surface area contributed by atoms with Crippen molar-refractivity contribution in [2.75, 3.05) is 24.3 Å². The number of aromatic nitrogens is 2. The SMILES string of the molecule is CCn1cc(Br)cc1C(=O)Nc1cccnc1N(C)C. The topological polar surface area (TPSA) is 50.2 Å². The molecule has 2 aromatic heterocycles. The molecule has 0 aliphatic rings. The summed E-state index contributed by atoms with van der Waals surface area (Å²) in [5.41, 5.74) is 1.32. The van der Waals surface area contributed by atoms with Crippen LogP contribution >= 0.6 is 15.9 Å². The van der Waals surface area contributed by atoms with Crippen LogP contribution in [0.4, 0.5) is 11.5 Å². The van der Waals surface area contributed by atoms with Crippen molar-refractivity contribution in [2.24, 2.45) is 0 Å². The Morgan fingerprint density at radius 1 is 1.50 bits per heavy atom. The number of pyridine rings is 1. The van der Waals surface area contributed by atoms with Gasteiger partial charge in [0.2, 0.25) is 0 Å². The van der Waals surface area contributed by atoms with E-state index in [1.54, 1.807) is 12.3 Å². The lowest BCUT2D eigenvalue weighted by Crippen LogP contribution is -2.19. The van der Waals surface area contributed by atoms with Gasteiger partial charge in [-0.3, -0.25) is 4.79 Å². The van der Waals surface area contributed by atoms with Crippen LogP contribution in [0.25, 0.3) is 0 Å². The molecule has 0 aliphatic carbocycles. The molecule has 6 heteroatoms. The van der Waals surface area contributed by atoms with Crippen molar-refractivity contribution in [3.8, 4) is 0 Å². The number of carbonyl (C=O) groups excluding carboxylic acids is 1. The molecule has 0 aliphatic heterocycles. The number of hydrogen-bond acceptors (Lipinski definition) is 3. The fourth-order valence-electron chi connectivity index (χ4n) is 1.96. The predicted molar refractivity (Wildman–Crippen MR) is 84.3 cm³/mol. The van der Waals surface area contributed by atoms with Crippen LogP contribution in [0.15, 0.2) is 35.1 Å². The minimum atomic E-state index is -0.145. The van der Waals surface area contributed by atoms with Gasteiger partial charge in [0, 0.05) is 37.5 Å². The van der Waals surface area contributed by atoms with E-state index in [0.717, 1.165) is 16.8 Å². The zero-order valence-corrected chi connectivity index (χ0v) is 13.3. The van der Waals surface area contributed by atoms with E-state index in [1.807, 2.05) is 48.8 Å². The Balaban J connectivity index is 2.28. The fraction of sp³-hybridized carbons (Fsp3) is 0.286. The van der Waals surface area contributed by atoms with Crippen LogP contribution in [0.3, 0.4) is 0 Å². The van der Waals surface area contributed by atoms with E-state index in [9.17, 15) is 4.79 Å². The van der Waals surface area contributed by atoms with E-state index in [2.05, 4.69) is 26.2 Å². The van der Waals surface area contributed by atoms with Gasteiger partial charge in [-0.15, -0.1) is 0 Å². The summed E-state index contributed by atoms with van der Waals surface area (Å²) in [5.74, 6) is 0.586. The number of anilines is 2. The molecule has 1 N–H and O–H groups in total. The highest BCUT2D eigenvalue weighted by Crippen LogP contribution is 2.22. The largest absolute Gasteiger partial charge is 0.361 e. The monoisotopic (exact) mass is 336 g/mol. The third kappa shape index (κ3) is 3.01. The van der Waals surface area contributed by atoms with Gasteiger partial charge in [0.1, 0.15) is 5.69 Å². The first-order chi connectivity index (χ1) is 9.52. The van der Waals surface area contributed by atoms with Gasteiger partial charge in [0.15, 0.2) is 5.82 Å². The average molecular weight is 337 g/mol. The second-order valence-corrected chi connectivity index (χ2v) is 5.47. The van der Waals surface area contributed by atoms with Crippen LogP contribution in [0, 0.1) is 0 Å². The van der Waals surface area contributed by atoms with Gasteiger partial charge in [0.25, 0.3) is 5.91 Å². The number of hydrogen-bond donors (Lipinski definition) is 1. The Hall–Kier alpha value is -1.82. The molecule has 0 saturated heterocycles. The molecule has 20 heavy (non-hydrogen) atoms. The molecular formula is C14H17BrN4O. The maximum absolute atomic E-state index is 12.4. The maximum Gasteiger partial charge on any atom is 0.272 e. The van der Waals surface area contributed by atoms with E-state index in [1.165, 1.54) is 0 Å². The van der Waals surface area contributed by atoms with Gasteiger partial charge in [-0.25, -0.2) is 4.98 Å². The number of nitrogens with zero attached hydrogens (tertiary/aromatic N) is 3. The number of rotatable bonds is 4. The lowest BCUT2D eigenvalue weighted by molar-refractivity contribution is 0.101. The zero-order chi connectivity index (χ0) is 14.7. The number of carbonyl (C=O) groups is 1. The average Bonchev–Trinajstić information content (AvgIpc) is 2.80. The predicted octanol–water partition coefficient (Wildman–Crippen LogP) is 2.98. The van der Waals surface area contributed by atoms with Crippen molar-refractivity contribution >= 4 is 33.3 Å². The first kappa shape index (κ1) is 14.6. The normalized spacial score (nSPS) is 10.4. The molecule has 2 heterocycles. The van der Waals surface area contributed by atoms with Crippen LogP contribution in [-0.4, -0.2) is 29.6 Å². The molecule has 106 valence electrons. The summed E-state index contributed by atoms with van der Waals surface area (Å²) in [6.07, 6.45) is 3.60. The van der Waals surface area contributed by atoms with Crippen molar-refractivity contribution < 1.29 is 4.79 Å². The molecule has 2 rings (SSSR count). The van der Waals surface area contributed by atoms with Crippen molar-refractivity contribution in [1.29, 1.82) is 0 Å². The molecule has 1 amide bonds. The molecule has 5 nitrogen and oxygen atoms in total. The molecule has 0 unspecified atom stereocenters. The molecule has 0 bridgehead atoms. The molecule has 2 aromatic rings. The maximum atomic E-state index is 12.4. The summed E-state index contributed by atoms with van der Waals surface area (Å²) in [6, 6.07) is 5.45. The molecular weight excluding hydrogens is 320 g/mol. The standard InChI is InChI=1S/C14H17BrN4O/c1-4-19-9-10(15)8-12(19)14(20)17-11-6-5-7-16-13(11)18(2)3/h5-9H,4H2,1-3H3,(H,17,20). The highest BCUT2D eigenvalue weighted by molar-refractivity contribution is 9.10. The lowest BCUT2D eigenvalue weighted by atomic mass is 10.3. The summed E-state index contributed by atoms with van der Waals surface area (Å²) in [4.78, 5) is 18.5. The van der Waals surface area contributed by atoms with Crippen molar-refractivity contribution in [2.45, 2.75) is 13.5 Å². The van der Waals surface area contributed by atoms with E-state index in [-0.39, 0.29) is 5.91 Å². The molecule has 0 aromatic carbocycles. The van der Waals surface area contributed by atoms with Gasteiger partial charge in [0.05, 0.1) is 5.69 Å². The summed E-state index contributed by atoms with van der Waals surface area (Å²) in [5, 5.41) is 2.91. The minimum Gasteiger partial charge on any atom is -0.361 e. The van der Waals surface area contributed by atoms with E-state index < -0.39 is 0 Å². The van der Waals surface area contributed by atoms with Crippen LogP contribution < -0.4 is 10.2 Å². The second kappa shape index (κ2) is 6.09. The number of nitrogens with one attached hydrogen (secondary N) is 1. The van der Waals surface area contributed by atoms with Gasteiger partial charge in [-0.05, 0) is 41.1 Å². The van der Waals surface area contributed by atoms with Gasteiger partial charge in [-0.2, -0.15) is 0 Å². The second-order valence-electron chi connectivity index (χ2n) is 4.55. The molecule has 0 atom stereocenters. The number of amides is 1. The quantitative estimate of drug-likeness (QED) is 0.933. The Kier molecular flexibility index (Phi) is 4.44. The van der Waals surface area contributed by atoms with Crippen molar-refractivity contribution in [1.82, 2.24) is 9.55 Å². The van der Waals surface area contributed by atoms with Crippen LogP contribution in [-0.2, 0) is 6.54 Å². The first-order valence-electron chi connectivity index (χ1n) is 6.32. The highest BCUT2D eigenvalue weighted by Gasteiger charge is 2.15. The summed E-state index contributed by atoms with van der Waals surface area (Å²) in [7, 11) is 3.78. The molecule has 0 spiro atoms. The first-order valence-corrected chi connectivity index (χ1v) is 7.11. The van der Waals surface area contributed by atoms with Crippen LogP contribution in [0.5, 0.6) is 0 Å². The van der Waals surface area contributed by atoms with Gasteiger partial charge < -0.3 is 14.8 Å². The summed E-state index contributed by atoms with van der Waals surface area (Å²) >= 11 is 3.39. The molecule has 0 saturated carbocycles. The minimum absolute atomic E-state index is 0.145. The zero-order valence-electron chi connectivity index (χ0n) is 11.7. The fourth-order valence-corrected chi connectivity index (χ4v) is 2.43. The third-order valence-electron chi connectivity index (χ3n) is 2.90. The van der Waals surface area contributed by atoms with Gasteiger partial charge >= 0.3 is 0 Å². The lowest BCUT2D eigenvalue weighted by Gasteiger charge is -2.16. The molecule has 0 fully saturated rings. The Bertz CT molecular complexity index is 621. The smallest absolute Gasteiger partial charge is 0.272 e. The van der Waals surface area contributed by atoms with Crippen molar-refractivity contribution in [3.05, 3.63) is 40.8 Å². The van der Waals surface area contributed by atoms with Gasteiger partial charge in [-0.1, -0.05) is 0 Å². The van der Waals surface area contributed by atoms with Crippen molar-refractivity contribution in [3.63, 3.8) is 0 Å². The van der Waals surface area contributed by atoms with Crippen LogP contribution in [0.1, 0.15) is 17.4 Å². The summed E-state index contributed by atoms with van der Waals surface area (Å²) in [6.45, 7) is 2.74. The number of aryl methyl sites for hydroxylation is 1. The Morgan fingerprint density at radius 2 is 2.25 bits per heavy atom. The molecule has 0 radical (unpaired) electrons. The van der Waals surface area contributed by atoms with Crippen LogP contribution in [0.2, 0.25) is 0 Å². The van der Waals surface area contributed by atoms with E-state index in [4.69, 9.17) is 0 Å². The highest BCUT2D eigenvalue weighted by atomic mass is 79.9. The van der Waals surface area contributed by atoms with E-state index in [0.29, 0.717) is 11.4 Å².